The fraction of sp³-hybridized carbons (Fsp3) is 0.727. The third kappa shape index (κ3) is 4.44. The van der Waals surface area contributed by atoms with Crippen molar-refractivity contribution in [3.05, 3.63) is 18.2 Å². The Kier molecular flexibility index (Phi) is 5.36. The SMILES string of the molecule is CNCc1nccn1CCOCC(C)C. The Hall–Kier alpha value is -0.870. The molecule has 1 N–H and O–H groups in total. The summed E-state index contributed by atoms with van der Waals surface area (Å²) in [4.78, 5) is 4.26. The Balaban J connectivity index is 2.27. The van der Waals surface area contributed by atoms with Gasteiger partial charge in [0.25, 0.3) is 0 Å². The van der Waals surface area contributed by atoms with E-state index in [0.29, 0.717) is 5.92 Å². The Morgan fingerprint density at radius 1 is 1.53 bits per heavy atom. The largest absolute Gasteiger partial charge is 0.379 e. The molecule has 0 aliphatic carbocycles. The molecule has 15 heavy (non-hydrogen) atoms. The summed E-state index contributed by atoms with van der Waals surface area (Å²) in [7, 11) is 1.92. The summed E-state index contributed by atoms with van der Waals surface area (Å²) in [5.74, 6) is 1.66. The van der Waals surface area contributed by atoms with Gasteiger partial charge >= 0.3 is 0 Å². The van der Waals surface area contributed by atoms with Crippen molar-refractivity contribution in [2.75, 3.05) is 20.3 Å². The van der Waals surface area contributed by atoms with Crippen LogP contribution in [0.25, 0.3) is 0 Å². The van der Waals surface area contributed by atoms with Crippen LogP contribution >= 0.6 is 0 Å². The van der Waals surface area contributed by atoms with Crippen molar-refractivity contribution >= 4 is 0 Å². The van der Waals surface area contributed by atoms with Crippen molar-refractivity contribution in [1.82, 2.24) is 14.9 Å². The average Bonchev–Trinajstić information content (AvgIpc) is 2.61. The van der Waals surface area contributed by atoms with Crippen molar-refractivity contribution in [3.63, 3.8) is 0 Å². The zero-order valence-corrected chi connectivity index (χ0v) is 9.86. The van der Waals surface area contributed by atoms with Gasteiger partial charge < -0.3 is 14.6 Å². The maximum absolute atomic E-state index is 5.53. The van der Waals surface area contributed by atoms with Crippen LogP contribution in [0.1, 0.15) is 19.7 Å². The van der Waals surface area contributed by atoms with Crippen molar-refractivity contribution in [1.29, 1.82) is 0 Å². The van der Waals surface area contributed by atoms with Crippen molar-refractivity contribution < 1.29 is 4.74 Å². The number of aromatic nitrogens is 2. The highest BCUT2D eigenvalue weighted by Crippen LogP contribution is 1.98. The normalized spacial score (nSPS) is 11.2. The van der Waals surface area contributed by atoms with E-state index in [1.54, 1.807) is 0 Å². The van der Waals surface area contributed by atoms with Gasteiger partial charge in [0, 0.05) is 25.5 Å². The second kappa shape index (κ2) is 6.58. The number of rotatable bonds is 7. The molecule has 0 radical (unpaired) electrons. The van der Waals surface area contributed by atoms with E-state index >= 15 is 0 Å². The lowest BCUT2D eigenvalue weighted by Crippen LogP contribution is -2.15. The van der Waals surface area contributed by atoms with E-state index in [0.717, 1.165) is 32.1 Å². The Morgan fingerprint density at radius 2 is 2.33 bits per heavy atom. The van der Waals surface area contributed by atoms with Gasteiger partial charge in [-0.3, -0.25) is 0 Å². The van der Waals surface area contributed by atoms with E-state index in [2.05, 4.69) is 28.7 Å². The van der Waals surface area contributed by atoms with Crippen LogP contribution < -0.4 is 5.32 Å². The van der Waals surface area contributed by atoms with Crippen LogP contribution in [-0.4, -0.2) is 29.8 Å². The lowest BCUT2D eigenvalue weighted by atomic mass is 10.2. The molecule has 0 fully saturated rings. The zero-order chi connectivity index (χ0) is 11.1. The second-order valence-corrected chi connectivity index (χ2v) is 4.04. The highest BCUT2D eigenvalue weighted by atomic mass is 16.5. The minimum atomic E-state index is 0.601. The van der Waals surface area contributed by atoms with Crippen LogP contribution in [0.3, 0.4) is 0 Å². The van der Waals surface area contributed by atoms with Gasteiger partial charge in [-0.2, -0.15) is 0 Å². The number of hydrogen-bond acceptors (Lipinski definition) is 3. The molecule has 0 atom stereocenters. The van der Waals surface area contributed by atoms with Crippen LogP contribution in [0.2, 0.25) is 0 Å². The van der Waals surface area contributed by atoms with Gasteiger partial charge in [0.1, 0.15) is 5.82 Å². The van der Waals surface area contributed by atoms with Crippen LogP contribution in [-0.2, 0) is 17.8 Å². The quantitative estimate of drug-likeness (QED) is 0.690. The van der Waals surface area contributed by atoms with Gasteiger partial charge in [-0.05, 0) is 13.0 Å². The van der Waals surface area contributed by atoms with Gasteiger partial charge in [0.2, 0.25) is 0 Å². The number of nitrogens with zero attached hydrogens (tertiary/aromatic N) is 2. The molecule has 0 saturated heterocycles. The molecule has 0 saturated carbocycles. The lowest BCUT2D eigenvalue weighted by Gasteiger charge is -2.09. The molecule has 0 amide bonds. The van der Waals surface area contributed by atoms with E-state index in [-0.39, 0.29) is 0 Å². The van der Waals surface area contributed by atoms with Gasteiger partial charge in [-0.1, -0.05) is 13.8 Å². The van der Waals surface area contributed by atoms with Crippen molar-refractivity contribution in [2.24, 2.45) is 5.92 Å². The molecule has 0 aromatic carbocycles. The third-order valence-electron chi connectivity index (χ3n) is 2.06. The Bertz CT molecular complexity index is 271. The highest BCUT2D eigenvalue weighted by molar-refractivity contribution is 4.91. The summed E-state index contributed by atoms with van der Waals surface area (Å²) in [6.07, 6.45) is 3.82. The van der Waals surface area contributed by atoms with Crippen LogP contribution in [0.4, 0.5) is 0 Å². The summed E-state index contributed by atoms with van der Waals surface area (Å²) in [6.45, 7) is 7.58. The lowest BCUT2D eigenvalue weighted by molar-refractivity contribution is 0.102. The van der Waals surface area contributed by atoms with Gasteiger partial charge in [0.15, 0.2) is 0 Å². The van der Waals surface area contributed by atoms with Crippen LogP contribution in [0.5, 0.6) is 0 Å². The molecule has 0 aliphatic heterocycles. The monoisotopic (exact) mass is 211 g/mol. The third-order valence-corrected chi connectivity index (χ3v) is 2.06. The van der Waals surface area contributed by atoms with Crippen LogP contribution in [0, 0.1) is 5.92 Å². The standard InChI is InChI=1S/C11H21N3O/c1-10(2)9-15-7-6-14-5-4-13-11(14)8-12-3/h4-5,10,12H,6-9H2,1-3H3. The molecule has 0 bridgehead atoms. The average molecular weight is 211 g/mol. The first kappa shape index (κ1) is 12.2. The summed E-state index contributed by atoms with van der Waals surface area (Å²) in [5, 5.41) is 3.09. The molecule has 1 heterocycles. The maximum atomic E-state index is 5.53. The molecule has 4 nitrogen and oxygen atoms in total. The molecule has 1 aromatic rings. The van der Waals surface area contributed by atoms with E-state index in [9.17, 15) is 0 Å². The molecule has 0 unspecified atom stereocenters. The van der Waals surface area contributed by atoms with Gasteiger partial charge in [-0.25, -0.2) is 4.98 Å². The predicted octanol–water partition coefficient (Wildman–Crippen LogP) is 1.28. The predicted molar refractivity (Wildman–Crippen MR) is 60.6 cm³/mol. The van der Waals surface area contributed by atoms with Crippen molar-refractivity contribution in [3.8, 4) is 0 Å². The zero-order valence-electron chi connectivity index (χ0n) is 9.86. The molecule has 1 rings (SSSR count). The molecular formula is C11H21N3O. The number of nitrogens with one attached hydrogen (secondary N) is 1. The highest BCUT2D eigenvalue weighted by Gasteiger charge is 2.01. The van der Waals surface area contributed by atoms with Crippen LogP contribution in [0.15, 0.2) is 12.4 Å². The molecular weight excluding hydrogens is 190 g/mol. The van der Waals surface area contributed by atoms with E-state index < -0.39 is 0 Å². The summed E-state index contributed by atoms with van der Waals surface area (Å²) in [6, 6.07) is 0. The Morgan fingerprint density at radius 3 is 3.00 bits per heavy atom. The molecule has 86 valence electrons. The summed E-state index contributed by atoms with van der Waals surface area (Å²) < 4.78 is 7.65. The number of imidazole rings is 1. The summed E-state index contributed by atoms with van der Waals surface area (Å²) in [5.41, 5.74) is 0. The number of ether oxygens (including phenoxy) is 1. The fourth-order valence-electron chi connectivity index (χ4n) is 1.35. The molecule has 1 aromatic heterocycles. The number of hydrogen-bond donors (Lipinski definition) is 1. The first-order chi connectivity index (χ1) is 7.24. The van der Waals surface area contributed by atoms with Crippen molar-refractivity contribution in [2.45, 2.75) is 26.9 Å². The topological polar surface area (TPSA) is 39.1 Å². The smallest absolute Gasteiger partial charge is 0.122 e. The molecule has 0 spiro atoms. The van der Waals surface area contributed by atoms with E-state index in [1.807, 2.05) is 19.4 Å². The van der Waals surface area contributed by atoms with E-state index in [1.165, 1.54) is 0 Å². The van der Waals surface area contributed by atoms with Gasteiger partial charge in [0.05, 0.1) is 13.2 Å². The second-order valence-electron chi connectivity index (χ2n) is 4.04. The molecule has 4 heteroatoms. The maximum Gasteiger partial charge on any atom is 0.122 e. The van der Waals surface area contributed by atoms with E-state index in [4.69, 9.17) is 4.74 Å². The minimum Gasteiger partial charge on any atom is -0.379 e. The summed E-state index contributed by atoms with van der Waals surface area (Å²) >= 11 is 0. The fourth-order valence-corrected chi connectivity index (χ4v) is 1.35. The first-order valence-electron chi connectivity index (χ1n) is 5.46. The first-order valence-corrected chi connectivity index (χ1v) is 5.46. The molecule has 0 aliphatic rings. The minimum absolute atomic E-state index is 0.601. The van der Waals surface area contributed by atoms with Gasteiger partial charge in [-0.15, -0.1) is 0 Å². The Labute approximate surface area is 91.7 Å².